The van der Waals surface area contributed by atoms with Crippen LogP contribution in [0.4, 0.5) is 0 Å². The van der Waals surface area contributed by atoms with E-state index in [1.54, 1.807) is 18.7 Å². The van der Waals surface area contributed by atoms with E-state index in [-0.39, 0.29) is 0 Å². The Balaban J connectivity index is 1.47. The number of benzene rings is 1. The maximum absolute atomic E-state index is 5.87. The van der Waals surface area contributed by atoms with Crippen LogP contribution in [0.5, 0.6) is 6.01 Å². The minimum atomic E-state index is 0.383. The summed E-state index contributed by atoms with van der Waals surface area (Å²) in [7, 11) is 0. The topological polar surface area (TPSA) is 81.5 Å². The minimum Gasteiger partial charge on any atom is -0.463 e. The number of aryl methyl sites for hydroxylation is 1. The van der Waals surface area contributed by atoms with Crippen molar-refractivity contribution >= 4 is 0 Å². The average Bonchev–Trinajstić information content (AvgIpc) is 3.51. The van der Waals surface area contributed by atoms with Crippen LogP contribution in [0.3, 0.4) is 0 Å². The highest BCUT2D eigenvalue weighted by Gasteiger charge is 2.23. The highest BCUT2D eigenvalue weighted by molar-refractivity contribution is 5.77. The van der Waals surface area contributed by atoms with E-state index in [0.29, 0.717) is 18.7 Å². The first-order valence-corrected chi connectivity index (χ1v) is 11.4. The zero-order valence-electron chi connectivity index (χ0n) is 18.4. The number of hydrogen-bond donors (Lipinski definition) is 1. The Morgan fingerprint density at radius 3 is 2.69 bits per heavy atom. The van der Waals surface area contributed by atoms with Crippen LogP contribution >= 0.6 is 0 Å². The molecule has 3 heterocycles. The zero-order chi connectivity index (χ0) is 21.8. The van der Waals surface area contributed by atoms with Gasteiger partial charge in [0.05, 0.1) is 36.3 Å². The van der Waals surface area contributed by atoms with Gasteiger partial charge in [-0.25, -0.2) is 15.0 Å². The van der Waals surface area contributed by atoms with Gasteiger partial charge in [-0.05, 0) is 25.8 Å². The van der Waals surface area contributed by atoms with Crippen LogP contribution in [0.25, 0.3) is 22.6 Å². The summed E-state index contributed by atoms with van der Waals surface area (Å²) < 4.78 is 8.19. The quantitative estimate of drug-likeness (QED) is 0.439. The van der Waals surface area contributed by atoms with Crippen molar-refractivity contribution in [3.63, 3.8) is 0 Å². The molecule has 1 aliphatic rings. The molecule has 1 saturated carbocycles. The second kappa shape index (κ2) is 9.34. The van der Waals surface area contributed by atoms with Gasteiger partial charge < -0.3 is 14.3 Å². The number of nitrogens with one attached hydrogen (secondary N) is 1. The highest BCUT2D eigenvalue weighted by Crippen LogP contribution is 2.37. The molecular formula is C25H28N6O. The molecule has 7 nitrogen and oxygen atoms in total. The molecule has 1 fully saturated rings. The number of imidazole rings is 2. The molecule has 0 bridgehead atoms. The third-order valence-corrected chi connectivity index (χ3v) is 6.12. The molecule has 0 radical (unpaired) electrons. The number of aromatic nitrogens is 6. The molecule has 1 aliphatic carbocycles. The van der Waals surface area contributed by atoms with E-state index in [1.165, 1.54) is 37.7 Å². The number of H-pyrrole nitrogens is 1. The van der Waals surface area contributed by atoms with E-state index >= 15 is 0 Å². The predicted molar refractivity (Wildman–Crippen MR) is 123 cm³/mol. The van der Waals surface area contributed by atoms with Gasteiger partial charge in [-0.1, -0.05) is 49.1 Å². The van der Waals surface area contributed by atoms with Gasteiger partial charge in [0.1, 0.15) is 0 Å². The molecule has 0 aliphatic heterocycles. The third kappa shape index (κ3) is 4.42. The van der Waals surface area contributed by atoms with E-state index in [9.17, 15) is 0 Å². The lowest BCUT2D eigenvalue weighted by atomic mass is 9.95. The number of nitrogens with zero attached hydrogens (tertiary/aromatic N) is 5. The first-order chi connectivity index (χ1) is 15.8. The summed E-state index contributed by atoms with van der Waals surface area (Å²) in [6, 6.07) is 11.3. The Hall–Kier alpha value is -3.48. The summed E-state index contributed by atoms with van der Waals surface area (Å²) in [6.45, 7) is 2.58. The van der Waals surface area contributed by atoms with Crippen LogP contribution in [0.15, 0.2) is 55.4 Å². The fourth-order valence-electron chi connectivity index (χ4n) is 4.39. The number of rotatable bonds is 7. The van der Waals surface area contributed by atoms with Crippen molar-refractivity contribution in [2.45, 2.75) is 51.5 Å². The van der Waals surface area contributed by atoms with Crippen LogP contribution in [0.1, 0.15) is 49.4 Å². The smallest absolute Gasteiger partial charge is 0.316 e. The normalized spacial score (nSPS) is 14.5. The second-order valence-electron chi connectivity index (χ2n) is 8.41. The minimum absolute atomic E-state index is 0.383. The summed E-state index contributed by atoms with van der Waals surface area (Å²) >= 11 is 0. The largest absolute Gasteiger partial charge is 0.463 e. The molecule has 0 amide bonds. The average molecular weight is 429 g/mol. The molecule has 0 unspecified atom stereocenters. The van der Waals surface area contributed by atoms with Gasteiger partial charge in [-0.2, -0.15) is 4.98 Å². The van der Waals surface area contributed by atoms with Crippen molar-refractivity contribution in [3.05, 3.63) is 66.6 Å². The molecule has 164 valence electrons. The SMILES string of the molecule is Cc1ccc(-c2ncn(C3CCCCC3)c2-c2ccnc(OCCc3cnc[nH]3)n2)cc1. The van der Waals surface area contributed by atoms with Crippen LogP contribution in [0, 0.1) is 6.92 Å². The lowest BCUT2D eigenvalue weighted by molar-refractivity contribution is 0.295. The van der Waals surface area contributed by atoms with Crippen molar-refractivity contribution in [3.8, 4) is 28.7 Å². The van der Waals surface area contributed by atoms with Gasteiger partial charge in [0.15, 0.2) is 0 Å². The van der Waals surface area contributed by atoms with E-state index in [1.807, 2.05) is 12.4 Å². The fourth-order valence-corrected chi connectivity index (χ4v) is 4.39. The Bertz CT molecular complexity index is 1140. The van der Waals surface area contributed by atoms with Crippen LogP contribution in [0.2, 0.25) is 0 Å². The molecular weight excluding hydrogens is 400 g/mol. The summed E-state index contributed by atoms with van der Waals surface area (Å²) in [5.74, 6) is 0. The lowest BCUT2D eigenvalue weighted by Crippen LogP contribution is -2.13. The lowest BCUT2D eigenvalue weighted by Gasteiger charge is -2.25. The molecule has 3 aromatic heterocycles. The molecule has 0 saturated heterocycles. The van der Waals surface area contributed by atoms with Gasteiger partial charge >= 0.3 is 6.01 Å². The zero-order valence-corrected chi connectivity index (χ0v) is 18.4. The second-order valence-corrected chi connectivity index (χ2v) is 8.41. The van der Waals surface area contributed by atoms with Gasteiger partial charge in [-0.15, -0.1) is 0 Å². The van der Waals surface area contributed by atoms with Crippen molar-refractivity contribution in [1.29, 1.82) is 0 Å². The van der Waals surface area contributed by atoms with Gasteiger partial charge in [-0.3, -0.25) is 0 Å². The first-order valence-electron chi connectivity index (χ1n) is 11.4. The van der Waals surface area contributed by atoms with Crippen LogP contribution in [-0.2, 0) is 6.42 Å². The van der Waals surface area contributed by atoms with E-state index in [0.717, 1.165) is 34.8 Å². The van der Waals surface area contributed by atoms with E-state index < -0.39 is 0 Å². The molecule has 1 aromatic carbocycles. The van der Waals surface area contributed by atoms with Gasteiger partial charge in [0.2, 0.25) is 0 Å². The first kappa shape index (κ1) is 20.4. The predicted octanol–water partition coefficient (Wildman–Crippen LogP) is 5.17. The summed E-state index contributed by atoms with van der Waals surface area (Å²) in [5, 5.41) is 0. The molecule has 7 heteroatoms. The number of aromatic amines is 1. The summed E-state index contributed by atoms with van der Waals surface area (Å²) in [4.78, 5) is 21.1. The molecule has 0 atom stereocenters. The van der Waals surface area contributed by atoms with Crippen molar-refractivity contribution < 1.29 is 4.74 Å². The molecule has 5 rings (SSSR count). The van der Waals surface area contributed by atoms with Crippen LogP contribution in [-0.4, -0.2) is 36.1 Å². The fraction of sp³-hybridized carbons (Fsp3) is 0.360. The van der Waals surface area contributed by atoms with Crippen molar-refractivity contribution in [1.82, 2.24) is 29.5 Å². The van der Waals surface area contributed by atoms with Gasteiger partial charge in [0, 0.05) is 36.1 Å². The molecule has 0 spiro atoms. The monoisotopic (exact) mass is 428 g/mol. The van der Waals surface area contributed by atoms with Gasteiger partial charge in [0.25, 0.3) is 0 Å². The molecule has 32 heavy (non-hydrogen) atoms. The Labute approximate surface area is 188 Å². The third-order valence-electron chi connectivity index (χ3n) is 6.12. The maximum Gasteiger partial charge on any atom is 0.316 e. The Morgan fingerprint density at radius 2 is 1.91 bits per heavy atom. The van der Waals surface area contributed by atoms with E-state index in [2.05, 4.69) is 50.7 Å². The molecule has 1 N–H and O–H groups in total. The number of hydrogen-bond acceptors (Lipinski definition) is 5. The maximum atomic E-state index is 5.87. The standard InChI is InChI=1S/C25H28N6O/c1-18-7-9-19(10-8-18)23-24(31(17-29-23)21-5-3-2-4-6-21)22-11-13-27-25(30-22)32-14-12-20-15-26-16-28-20/h7-11,13,15-17,21H,2-6,12,14H2,1H3,(H,26,28). The Kier molecular flexibility index (Phi) is 5.96. The van der Waals surface area contributed by atoms with Crippen LogP contribution < -0.4 is 4.74 Å². The summed E-state index contributed by atoms with van der Waals surface area (Å²) in [5.41, 5.74) is 6.20. The molecule has 4 aromatic rings. The summed E-state index contributed by atoms with van der Waals surface area (Å²) in [6.07, 6.45) is 14.1. The Morgan fingerprint density at radius 1 is 1.06 bits per heavy atom. The highest BCUT2D eigenvalue weighted by atomic mass is 16.5. The van der Waals surface area contributed by atoms with E-state index in [4.69, 9.17) is 14.7 Å². The number of ether oxygens (including phenoxy) is 1. The van der Waals surface area contributed by atoms with Crippen molar-refractivity contribution in [2.75, 3.05) is 6.61 Å². The van der Waals surface area contributed by atoms with Crippen molar-refractivity contribution in [2.24, 2.45) is 0 Å².